The lowest BCUT2D eigenvalue weighted by atomic mass is 10.0. The number of fused-ring (bicyclic) bond motifs is 1. The van der Waals surface area contributed by atoms with E-state index in [2.05, 4.69) is 10.4 Å². The number of nitrogens with zero attached hydrogens (tertiary/aromatic N) is 4. The van der Waals surface area contributed by atoms with Crippen LogP contribution in [-0.2, 0) is 0 Å². The standard InChI is InChI=1S/C22H20ClF4N5OS/c23-18-19(21(33)31-9-7-30(8-10-31)14-5-3-13(24)4-6-14)29-32-17(22(25,26)27)12-15(28-20(18)32)16-2-1-11-34-16/h1-6,11,15,17,28H,7-10,12H2/t15-,17-/m0/s1. The molecule has 1 aromatic carbocycles. The van der Waals surface area contributed by atoms with Gasteiger partial charge in [0.2, 0.25) is 0 Å². The normalized spacial score (nSPS) is 20.7. The molecule has 2 aromatic heterocycles. The molecule has 5 rings (SSSR count). The summed E-state index contributed by atoms with van der Waals surface area (Å²) in [6.45, 7) is 1.66. The highest BCUT2D eigenvalue weighted by molar-refractivity contribution is 7.10. The molecule has 0 radical (unpaired) electrons. The Bertz CT molecular complexity index is 1170. The second-order valence-electron chi connectivity index (χ2n) is 8.22. The Morgan fingerprint density at radius 3 is 2.44 bits per heavy atom. The number of amides is 1. The van der Waals surface area contributed by atoms with Crippen molar-refractivity contribution in [3.63, 3.8) is 0 Å². The van der Waals surface area contributed by atoms with Gasteiger partial charge in [-0.2, -0.15) is 18.3 Å². The van der Waals surface area contributed by atoms with Gasteiger partial charge in [-0.1, -0.05) is 17.7 Å². The highest BCUT2D eigenvalue weighted by atomic mass is 35.5. The third kappa shape index (κ3) is 4.22. The Hall–Kier alpha value is -2.79. The van der Waals surface area contributed by atoms with Crippen LogP contribution in [0.3, 0.4) is 0 Å². The number of carbonyl (C=O) groups is 1. The van der Waals surface area contributed by atoms with Gasteiger partial charge in [0.05, 0.1) is 6.04 Å². The molecule has 3 aromatic rings. The summed E-state index contributed by atoms with van der Waals surface area (Å²) in [5, 5.41) is 8.78. The third-order valence-corrected chi connectivity index (χ3v) is 7.49. The fourth-order valence-electron chi connectivity index (χ4n) is 4.37. The molecule has 0 saturated carbocycles. The van der Waals surface area contributed by atoms with Gasteiger partial charge >= 0.3 is 6.18 Å². The predicted molar refractivity (Wildman–Crippen MR) is 122 cm³/mol. The van der Waals surface area contributed by atoms with Crippen LogP contribution in [0.15, 0.2) is 41.8 Å². The lowest BCUT2D eigenvalue weighted by molar-refractivity contribution is -0.173. The average Bonchev–Trinajstić information content (AvgIpc) is 3.47. The van der Waals surface area contributed by atoms with Crippen LogP contribution in [0.5, 0.6) is 0 Å². The van der Waals surface area contributed by atoms with Crippen LogP contribution in [0.25, 0.3) is 0 Å². The van der Waals surface area contributed by atoms with Crippen molar-refractivity contribution >= 4 is 40.4 Å². The number of halogens is 5. The third-order valence-electron chi connectivity index (χ3n) is 6.14. The summed E-state index contributed by atoms with van der Waals surface area (Å²) in [5.41, 5.74) is 0.640. The van der Waals surface area contributed by atoms with Crippen molar-refractivity contribution in [2.75, 3.05) is 36.4 Å². The summed E-state index contributed by atoms with van der Waals surface area (Å²) < 4.78 is 55.7. The number of carbonyl (C=O) groups excluding carboxylic acids is 1. The zero-order chi connectivity index (χ0) is 24.0. The molecule has 1 saturated heterocycles. The molecule has 0 unspecified atom stereocenters. The first-order chi connectivity index (χ1) is 16.2. The van der Waals surface area contributed by atoms with E-state index in [1.807, 2.05) is 4.90 Å². The topological polar surface area (TPSA) is 53.4 Å². The fraction of sp³-hybridized carbons (Fsp3) is 0.364. The molecule has 34 heavy (non-hydrogen) atoms. The zero-order valence-corrected chi connectivity index (χ0v) is 19.3. The van der Waals surface area contributed by atoms with E-state index in [9.17, 15) is 22.4 Å². The van der Waals surface area contributed by atoms with Gasteiger partial charge in [-0.25, -0.2) is 9.07 Å². The van der Waals surface area contributed by atoms with E-state index in [1.54, 1.807) is 29.6 Å². The first-order valence-corrected chi connectivity index (χ1v) is 11.9. The van der Waals surface area contributed by atoms with Gasteiger partial charge in [-0.15, -0.1) is 11.3 Å². The number of alkyl halides is 3. The highest BCUT2D eigenvalue weighted by Gasteiger charge is 2.48. The second kappa shape index (κ2) is 8.77. The Balaban J connectivity index is 1.37. The second-order valence-corrected chi connectivity index (χ2v) is 9.57. The van der Waals surface area contributed by atoms with Gasteiger partial charge in [-0.05, 0) is 35.7 Å². The van der Waals surface area contributed by atoms with Crippen LogP contribution in [-0.4, -0.2) is 52.9 Å². The number of benzene rings is 1. The molecule has 2 aliphatic heterocycles. The largest absolute Gasteiger partial charge is 0.410 e. The smallest absolute Gasteiger partial charge is 0.368 e. The number of hydrogen-bond donors (Lipinski definition) is 1. The van der Waals surface area contributed by atoms with Crippen molar-refractivity contribution in [3.05, 3.63) is 63.2 Å². The van der Waals surface area contributed by atoms with Gasteiger partial charge < -0.3 is 15.1 Å². The van der Waals surface area contributed by atoms with Gasteiger partial charge in [0.15, 0.2) is 11.7 Å². The number of rotatable bonds is 3. The number of nitrogens with one attached hydrogen (secondary N) is 1. The van der Waals surface area contributed by atoms with Crippen LogP contribution in [0.1, 0.15) is 33.9 Å². The predicted octanol–water partition coefficient (Wildman–Crippen LogP) is 5.36. The number of thiophene rings is 1. The van der Waals surface area contributed by atoms with E-state index in [1.165, 1.54) is 28.4 Å². The molecular weight excluding hydrogens is 494 g/mol. The summed E-state index contributed by atoms with van der Waals surface area (Å²) in [5.74, 6) is -0.842. The monoisotopic (exact) mass is 513 g/mol. The Labute approximate surface area is 201 Å². The van der Waals surface area contributed by atoms with Gasteiger partial charge in [0, 0.05) is 43.2 Å². The molecule has 0 bridgehead atoms. The molecule has 0 aliphatic carbocycles. The molecule has 0 spiro atoms. The van der Waals surface area contributed by atoms with E-state index in [0.717, 1.165) is 15.2 Å². The molecule has 6 nitrogen and oxygen atoms in total. The van der Waals surface area contributed by atoms with Crippen LogP contribution in [0.2, 0.25) is 5.02 Å². The van der Waals surface area contributed by atoms with E-state index in [0.29, 0.717) is 26.2 Å². The summed E-state index contributed by atoms with van der Waals surface area (Å²) in [7, 11) is 0. The van der Waals surface area contributed by atoms with E-state index in [4.69, 9.17) is 11.6 Å². The van der Waals surface area contributed by atoms with Crippen LogP contribution >= 0.6 is 22.9 Å². The van der Waals surface area contributed by atoms with Crippen molar-refractivity contribution in [1.82, 2.24) is 14.7 Å². The van der Waals surface area contributed by atoms with Crippen molar-refractivity contribution < 1.29 is 22.4 Å². The molecule has 12 heteroatoms. The quantitative estimate of drug-likeness (QED) is 0.479. The minimum atomic E-state index is -4.55. The molecule has 1 N–H and O–H groups in total. The molecule has 1 fully saturated rings. The Kier molecular flexibility index (Phi) is 5.93. The first kappa shape index (κ1) is 23.0. The highest BCUT2D eigenvalue weighted by Crippen LogP contribution is 2.47. The SMILES string of the molecule is O=C(c1nn2c(c1Cl)N[C@H](c1cccs1)C[C@H]2C(F)(F)F)N1CCN(c2ccc(F)cc2)CC1. The average molecular weight is 514 g/mol. The Morgan fingerprint density at radius 2 is 1.82 bits per heavy atom. The van der Waals surface area contributed by atoms with Crippen molar-refractivity contribution in [2.24, 2.45) is 0 Å². The van der Waals surface area contributed by atoms with Crippen molar-refractivity contribution in [2.45, 2.75) is 24.7 Å². The van der Waals surface area contributed by atoms with Gasteiger partial charge in [0.1, 0.15) is 16.7 Å². The molecule has 4 heterocycles. The minimum absolute atomic E-state index is 0.00180. The Morgan fingerprint density at radius 1 is 1.12 bits per heavy atom. The molecular formula is C22H20ClF4N5OS. The summed E-state index contributed by atoms with van der Waals surface area (Å²) in [4.78, 5) is 17.5. The summed E-state index contributed by atoms with van der Waals surface area (Å²) >= 11 is 7.79. The zero-order valence-electron chi connectivity index (χ0n) is 17.7. The maximum atomic E-state index is 13.9. The number of anilines is 2. The maximum Gasteiger partial charge on any atom is 0.410 e. The lowest BCUT2D eigenvalue weighted by Crippen LogP contribution is -2.49. The number of aromatic nitrogens is 2. The van der Waals surface area contributed by atoms with E-state index >= 15 is 0 Å². The van der Waals surface area contributed by atoms with Crippen LogP contribution in [0.4, 0.5) is 29.1 Å². The maximum absolute atomic E-state index is 13.9. The fourth-order valence-corrected chi connectivity index (χ4v) is 5.42. The molecule has 2 atom stereocenters. The number of hydrogen-bond acceptors (Lipinski definition) is 5. The summed E-state index contributed by atoms with van der Waals surface area (Å²) in [6.07, 6.45) is -4.80. The van der Waals surface area contributed by atoms with E-state index < -0.39 is 24.2 Å². The molecule has 180 valence electrons. The van der Waals surface area contributed by atoms with E-state index in [-0.39, 0.29) is 28.8 Å². The van der Waals surface area contributed by atoms with Crippen molar-refractivity contribution in [3.8, 4) is 0 Å². The van der Waals surface area contributed by atoms with Gasteiger partial charge in [-0.3, -0.25) is 4.79 Å². The van der Waals surface area contributed by atoms with Crippen LogP contribution < -0.4 is 10.2 Å². The van der Waals surface area contributed by atoms with Crippen molar-refractivity contribution in [1.29, 1.82) is 0 Å². The lowest BCUT2D eigenvalue weighted by Gasteiger charge is -2.35. The van der Waals surface area contributed by atoms with Crippen LogP contribution in [0, 0.1) is 5.82 Å². The summed E-state index contributed by atoms with van der Waals surface area (Å²) in [6, 6.07) is 7.13. The number of piperazine rings is 1. The minimum Gasteiger partial charge on any atom is -0.368 e. The first-order valence-electron chi connectivity index (χ1n) is 10.7. The molecule has 2 aliphatic rings. The van der Waals surface area contributed by atoms with Gasteiger partial charge in [0.25, 0.3) is 5.91 Å². The molecule has 1 amide bonds.